The number of aromatic nitrogens is 1. The smallest absolute Gasteiger partial charge is 0.249 e. The molecule has 1 aromatic heterocycles. The number of ether oxygens (including phenoxy) is 1. The molecule has 2 atom stereocenters. The summed E-state index contributed by atoms with van der Waals surface area (Å²) >= 11 is 0. The topological polar surface area (TPSA) is 90.4 Å². The van der Waals surface area contributed by atoms with E-state index in [9.17, 15) is 4.79 Å². The summed E-state index contributed by atoms with van der Waals surface area (Å²) in [5.74, 6) is 0.556. The van der Waals surface area contributed by atoms with Crippen LogP contribution in [0.5, 0.6) is 0 Å². The van der Waals surface area contributed by atoms with E-state index in [-0.39, 0.29) is 18.1 Å². The second-order valence-electron chi connectivity index (χ2n) is 5.63. The lowest BCUT2D eigenvalue weighted by atomic mass is 10.2. The van der Waals surface area contributed by atoms with Crippen molar-refractivity contribution in [2.24, 2.45) is 5.73 Å². The van der Waals surface area contributed by atoms with Gasteiger partial charge in [-0.25, -0.2) is 4.98 Å². The lowest BCUT2D eigenvalue weighted by molar-refractivity contribution is -0.131. The Kier molecular flexibility index (Phi) is 4.40. The second kappa shape index (κ2) is 6.46. The molecule has 1 aliphatic rings. The van der Waals surface area contributed by atoms with E-state index in [1.54, 1.807) is 0 Å². The number of para-hydroxylation sites is 1. The standard InChI is InChI=1S/C16H21N3O3/c1-10-3-2-4-12-15(10)19-14(22-12)7-8-18-16(20)13-6-5-11(9-17)21-13/h2-4,11,13H,5-9,17H2,1H3,(H,18,20)/t11-,13+/m1/s1. The quantitative estimate of drug-likeness (QED) is 0.869. The van der Waals surface area contributed by atoms with Crippen molar-refractivity contribution in [1.29, 1.82) is 0 Å². The Balaban J connectivity index is 1.52. The maximum atomic E-state index is 12.0. The van der Waals surface area contributed by atoms with Crippen molar-refractivity contribution in [3.05, 3.63) is 29.7 Å². The fourth-order valence-corrected chi connectivity index (χ4v) is 2.72. The van der Waals surface area contributed by atoms with Crippen molar-refractivity contribution in [3.63, 3.8) is 0 Å². The fraction of sp³-hybridized carbons (Fsp3) is 0.500. The Morgan fingerprint density at radius 1 is 1.45 bits per heavy atom. The molecule has 1 aromatic carbocycles. The van der Waals surface area contributed by atoms with Crippen molar-refractivity contribution in [2.75, 3.05) is 13.1 Å². The maximum Gasteiger partial charge on any atom is 0.249 e. The molecule has 0 saturated carbocycles. The molecule has 1 fully saturated rings. The van der Waals surface area contributed by atoms with Crippen LogP contribution in [0, 0.1) is 6.92 Å². The number of benzene rings is 1. The Bertz CT molecular complexity index is 668. The lowest BCUT2D eigenvalue weighted by Gasteiger charge is -2.12. The molecular weight excluding hydrogens is 282 g/mol. The van der Waals surface area contributed by atoms with Gasteiger partial charge in [-0.1, -0.05) is 12.1 Å². The number of carbonyl (C=O) groups is 1. The SMILES string of the molecule is Cc1cccc2oc(CCNC(=O)[C@@H]3CC[C@H](CN)O3)nc12. The van der Waals surface area contributed by atoms with Crippen LogP contribution in [0.3, 0.4) is 0 Å². The number of rotatable bonds is 5. The molecule has 22 heavy (non-hydrogen) atoms. The summed E-state index contributed by atoms with van der Waals surface area (Å²) in [6, 6.07) is 5.85. The molecule has 0 aliphatic carbocycles. The molecule has 1 saturated heterocycles. The Morgan fingerprint density at radius 2 is 2.32 bits per heavy atom. The molecule has 2 heterocycles. The molecule has 0 spiro atoms. The Hall–Kier alpha value is -1.92. The van der Waals surface area contributed by atoms with Crippen molar-refractivity contribution < 1.29 is 13.9 Å². The molecule has 118 valence electrons. The highest BCUT2D eigenvalue weighted by atomic mass is 16.5. The third-order valence-corrected chi connectivity index (χ3v) is 3.97. The van der Waals surface area contributed by atoms with Crippen LogP contribution in [0.1, 0.15) is 24.3 Å². The average Bonchev–Trinajstić information content (AvgIpc) is 3.14. The first-order chi connectivity index (χ1) is 10.7. The molecule has 1 aliphatic heterocycles. The van der Waals surface area contributed by atoms with Gasteiger partial charge in [-0.3, -0.25) is 4.79 Å². The largest absolute Gasteiger partial charge is 0.441 e. The highest BCUT2D eigenvalue weighted by molar-refractivity contribution is 5.81. The minimum atomic E-state index is -0.376. The maximum absolute atomic E-state index is 12.0. The molecule has 0 bridgehead atoms. The highest BCUT2D eigenvalue weighted by Gasteiger charge is 2.29. The Labute approximate surface area is 129 Å². The van der Waals surface area contributed by atoms with E-state index >= 15 is 0 Å². The van der Waals surface area contributed by atoms with Gasteiger partial charge >= 0.3 is 0 Å². The van der Waals surface area contributed by atoms with Gasteiger partial charge in [-0.05, 0) is 31.4 Å². The van der Waals surface area contributed by atoms with Crippen LogP contribution in [-0.4, -0.2) is 36.2 Å². The van der Waals surface area contributed by atoms with Gasteiger partial charge in [-0.15, -0.1) is 0 Å². The van der Waals surface area contributed by atoms with Crippen molar-refractivity contribution in [2.45, 2.75) is 38.4 Å². The summed E-state index contributed by atoms with van der Waals surface area (Å²) in [6.07, 6.45) is 1.77. The zero-order valence-corrected chi connectivity index (χ0v) is 12.7. The molecule has 0 radical (unpaired) electrons. The van der Waals surface area contributed by atoms with E-state index in [1.165, 1.54) is 0 Å². The number of hydrogen-bond acceptors (Lipinski definition) is 5. The van der Waals surface area contributed by atoms with Crippen molar-refractivity contribution in [1.82, 2.24) is 10.3 Å². The third-order valence-electron chi connectivity index (χ3n) is 3.97. The van der Waals surface area contributed by atoms with Gasteiger partial charge in [0, 0.05) is 19.5 Å². The first-order valence-electron chi connectivity index (χ1n) is 7.65. The number of nitrogens with zero attached hydrogens (tertiary/aromatic N) is 1. The molecule has 3 rings (SSSR count). The predicted molar refractivity (Wildman–Crippen MR) is 82.4 cm³/mol. The summed E-state index contributed by atoms with van der Waals surface area (Å²) in [4.78, 5) is 16.5. The van der Waals surface area contributed by atoms with E-state index in [4.69, 9.17) is 14.9 Å². The van der Waals surface area contributed by atoms with E-state index in [0.29, 0.717) is 25.4 Å². The van der Waals surface area contributed by atoms with Gasteiger partial charge in [0.1, 0.15) is 11.6 Å². The number of nitrogens with two attached hydrogens (primary N) is 1. The first kappa shape index (κ1) is 15.0. The van der Waals surface area contributed by atoms with E-state index in [2.05, 4.69) is 10.3 Å². The zero-order chi connectivity index (χ0) is 15.5. The van der Waals surface area contributed by atoms with Gasteiger partial charge < -0.3 is 20.2 Å². The molecule has 2 aromatic rings. The highest BCUT2D eigenvalue weighted by Crippen LogP contribution is 2.20. The van der Waals surface area contributed by atoms with Crippen LogP contribution < -0.4 is 11.1 Å². The van der Waals surface area contributed by atoms with Crippen LogP contribution >= 0.6 is 0 Å². The number of aryl methyl sites for hydroxylation is 1. The summed E-state index contributed by atoms with van der Waals surface area (Å²) in [7, 11) is 0. The predicted octanol–water partition coefficient (Wildman–Crippen LogP) is 1.30. The van der Waals surface area contributed by atoms with Crippen molar-refractivity contribution >= 4 is 17.0 Å². The van der Waals surface area contributed by atoms with E-state index in [1.807, 2.05) is 25.1 Å². The summed E-state index contributed by atoms with van der Waals surface area (Å²) in [5.41, 5.74) is 8.30. The normalized spacial score (nSPS) is 21.4. The number of oxazole rings is 1. The lowest BCUT2D eigenvalue weighted by Crippen LogP contribution is -2.36. The first-order valence-corrected chi connectivity index (χ1v) is 7.65. The van der Waals surface area contributed by atoms with Crippen LogP contribution in [0.15, 0.2) is 22.6 Å². The van der Waals surface area contributed by atoms with Gasteiger partial charge in [0.15, 0.2) is 11.5 Å². The summed E-state index contributed by atoms with van der Waals surface area (Å²) in [6.45, 7) is 2.95. The molecule has 6 nitrogen and oxygen atoms in total. The van der Waals surface area contributed by atoms with Gasteiger partial charge in [0.25, 0.3) is 0 Å². The van der Waals surface area contributed by atoms with Crippen LogP contribution in [-0.2, 0) is 16.0 Å². The van der Waals surface area contributed by atoms with Gasteiger partial charge in [0.05, 0.1) is 6.10 Å². The second-order valence-corrected chi connectivity index (χ2v) is 5.63. The molecular formula is C16H21N3O3. The van der Waals surface area contributed by atoms with E-state index in [0.717, 1.165) is 29.5 Å². The Morgan fingerprint density at radius 3 is 3.05 bits per heavy atom. The molecule has 1 amide bonds. The number of amides is 1. The summed E-state index contributed by atoms with van der Waals surface area (Å²) in [5, 5.41) is 2.87. The number of carbonyl (C=O) groups excluding carboxylic acids is 1. The third kappa shape index (κ3) is 3.13. The number of fused-ring (bicyclic) bond motifs is 1. The fourth-order valence-electron chi connectivity index (χ4n) is 2.72. The number of nitrogens with one attached hydrogen (secondary N) is 1. The van der Waals surface area contributed by atoms with E-state index < -0.39 is 0 Å². The summed E-state index contributed by atoms with van der Waals surface area (Å²) < 4.78 is 11.2. The minimum absolute atomic E-state index is 0.00997. The monoisotopic (exact) mass is 303 g/mol. The average molecular weight is 303 g/mol. The molecule has 0 unspecified atom stereocenters. The van der Waals surface area contributed by atoms with Crippen molar-refractivity contribution in [3.8, 4) is 0 Å². The zero-order valence-electron chi connectivity index (χ0n) is 12.7. The van der Waals surface area contributed by atoms with Crippen LogP contribution in [0.4, 0.5) is 0 Å². The minimum Gasteiger partial charge on any atom is -0.441 e. The number of hydrogen-bond donors (Lipinski definition) is 2. The van der Waals surface area contributed by atoms with Gasteiger partial charge in [-0.2, -0.15) is 0 Å². The van der Waals surface area contributed by atoms with Gasteiger partial charge in [0.2, 0.25) is 5.91 Å². The molecule has 6 heteroatoms. The molecule has 3 N–H and O–H groups in total. The van der Waals surface area contributed by atoms with Crippen LogP contribution in [0.2, 0.25) is 0 Å². The van der Waals surface area contributed by atoms with Crippen LogP contribution in [0.25, 0.3) is 11.1 Å².